The molecule has 0 aromatic carbocycles. The van der Waals surface area contributed by atoms with Crippen LogP contribution in [0.2, 0.25) is 0 Å². The first-order valence-corrected chi connectivity index (χ1v) is 11.8. The van der Waals surface area contributed by atoms with Crippen LogP contribution in [0, 0.1) is 28.6 Å². The second-order valence-corrected chi connectivity index (χ2v) is 10.6. The van der Waals surface area contributed by atoms with Crippen LogP contribution in [-0.4, -0.2) is 25.9 Å². The SMILES string of the molecule is CC[C@H]1CC2(CCCC2)C[C@@H]1OCC1CCC2(C1)C[C@@H](CC)[C@H](OC)C2. The van der Waals surface area contributed by atoms with Crippen LogP contribution in [0.3, 0.4) is 0 Å². The summed E-state index contributed by atoms with van der Waals surface area (Å²) in [6.45, 7) is 5.76. The summed E-state index contributed by atoms with van der Waals surface area (Å²) in [5.74, 6) is 2.43. The first-order chi connectivity index (χ1) is 12.6. The number of methoxy groups -OCH3 is 1. The van der Waals surface area contributed by atoms with Gasteiger partial charge in [-0.3, -0.25) is 0 Å². The zero-order valence-electron chi connectivity index (χ0n) is 17.6. The van der Waals surface area contributed by atoms with Gasteiger partial charge in [0.15, 0.2) is 0 Å². The van der Waals surface area contributed by atoms with Crippen LogP contribution in [0.1, 0.15) is 97.3 Å². The molecule has 0 bridgehead atoms. The Morgan fingerprint density at radius 2 is 1.42 bits per heavy atom. The second-order valence-electron chi connectivity index (χ2n) is 10.6. The predicted molar refractivity (Wildman–Crippen MR) is 107 cm³/mol. The van der Waals surface area contributed by atoms with Crippen molar-refractivity contribution in [3.63, 3.8) is 0 Å². The molecule has 150 valence electrons. The van der Waals surface area contributed by atoms with Gasteiger partial charge >= 0.3 is 0 Å². The van der Waals surface area contributed by atoms with E-state index in [9.17, 15) is 0 Å². The fraction of sp³-hybridized carbons (Fsp3) is 1.00. The van der Waals surface area contributed by atoms with Crippen LogP contribution >= 0.6 is 0 Å². The molecule has 4 fully saturated rings. The van der Waals surface area contributed by atoms with Gasteiger partial charge in [0.1, 0.15) is 0 Å². The van der Waals surface area contributed by atoms with Gasteiger partial charge < -0.3 is 9.47 Å². The maximum absolute atomic E-state index is 6.65. The molecule has 4 rings (SSSR count). The Morgan fingerprint density at radius 1 is 0.769 bits per heavy atom. The van der Waals surface area contributed by atoms with E-state index in [1.54, 1.807) is 0 Å². The zero-order chi connectivity index (χ0) is 18.2. The van der Waals surface area contributed by atoms with Crippen LogP contribution in [-0.2, 0) is 9.47 Å². The van der Waals surface area contributed by atoms with Crippen LogP contribution < -0.4 is 0 Å². The highest BCUT2D eigenvalue weighted by Gasteiger charge is 2.50. The Hall–Kier alpha value is -0.0800. The van der Waals surface area contributed by atoms with E-state index in [1.165, 1.54) is 83.5 Å². The summed E-state index contributed by atoms with van der Waals surface area (Å²) in [5, 5.41) is 0. The molecular formula is C24H42O2. The van der Waals surface area contributed by atoms with E-state index in [0.717, 1.165) is 24.4 Å². The maximum Gasteiger partial charge on any atom is 0.0608 e. The number of hydrogen-bond donors (Lipinski definition) is 0. The minimum absolute atomic E-state index is 0.515. The summed E-state index contributed by atoms with van der Waals surface area (Å²) in [5.41, 5.74) is 1.26. The third-order valence-electron chi connectivity index (χ3n) is 9.08. The molecule has 6 atom stereocenters. The average Bonchev–Trinajstić information content (AvgIpc) is 3.42. The van der Waals surface area contributed by atoms with Gasteiger partial charge in [-0.15, -0.1) is 0 Å². The third-order valence-corrected chi connectivity index (χ3v) is 9.08. The lowest BCUT2D eigenvalue weighted by atomic mass is 9.82. The van der Waals surface area contributed by atoms with Crippen LogP contribution in [0.5, 0.6) is 0 Å². The number of rotatable bonds is 6. The van der Waals surface area contributed by atoms with E-state index in [1.807, 2.05) is 7.11 Å². The summed E-state index contributed by atoms with van der Waals surface area (Å²) in [6, 6.07) is 0. The molecule has 2 heteroatoms. The van der Waals surface area contributed by atoms with Crippen molar-refractivity contribution in [3.8, 4) is 0 Å². The minimum Gasteiger partial charge on any atom is -0.381 e. The van der Waals surface area contributed by atoms with Gasteiger partial charge in [0.05, 0.1) is 12.2 Å². The molecule has 2 unspecified atom stereocenters. The molecule has 0 radical (unpaired) electrons. The van der Waals surface area contributed by atoms with Gasteiger partial charge in [0, 0.05) is 13.7 Å². The molecule has 4 aliphatic carbocycles. The maximum atomic E-state index is 6.65. The topological polar surface area (TPSA) is 18.5 Å². The Balaban J connectivity index is 1.29. The van der Waals surface area contributed by atoms with Crippen molar-refractivity contribution >= 4 is 0 Å². The van der Waals surface area contributed by atoms with Crippen molar-refractivity contribution in [3.05, 3.63) is 0 Å². The zero-order valence-corrected chi connectivity index (χ0v) is 17.6. The van der Waals surface area contributed by atoms with E-state index in [4.69, 9.17) is 9.47 Å². The fourth-order valence-corrected chi connectivity index (χ4v) is 7.65. The molecule has 4 saturated carbocycles. The first kappa shape index (κ1) is 19.2. The van der Waals surface area contributed by atoms with Crippen LogP contribution in [0.15, 0.2) is 0 Å². The van der Waals surface area contributed by atoms with Crippen molar-refractivity contribution < 1.29 is 9.47 Å². The molecule has 2 nitrogen and oxygen atoms in total. The molecule has 0 aliphatic heterocycles. The molecule has 0 saturated heterocycles. The number of ether oxygens (including phenoxy) is 2. The lowest BCUT2D eigenvalue weighted by Gasteiger charge is -2.25. The number of hydrogen-bond acceptors (Lipinski definition) is 2. The summed E-state index contributed by atoms with van der Waals surface area (Å²) in [7, 11) is 1.92. The van der Waals surface area contributed by atoms with Crippen molar-refractivity contribution in [2.45, 2.75) is 110 Å². The molecule has 2 spiro atoms. The quantitative estimate of drug-likeness (QED) is 0.546. The molecular weight excluding hydrogens is 320 g/mol. The van der Waals surface area contributed by atoms with Gasteiger partial charge in [-0.1, -0.05) is 39.5 Å². The molecule has 0 N–H and O–H groups in total. The van der Waals surface area contributed by atoms with Crippen molar-refractivity contribution in [2.75, 3.05) is 13.7 Å². The van der Waals surface area contributed by atoms with E-state index >= 15 is 0 Å². The minimum atomic E-state index is 0.515. The Kier molecular flexibility index (Phi) is 5.73. The Bertz CT molecular complexity index is 455. The molecule has 0 aromatic heterocycles. The monoisotopic (exact) mass is 362 g/mol. The lowest BCUT2D eigenvalue weighted by Crippen LogP contribution is -2.22. The lowest BCUT2D eigenvalue weighted by molar-refractivity contribution is 0.00119. The van der Waals surface area contributed by atoms with Crippen molar-refractivity contribution in [1.82, 2.24) is 0 Å². The molecule has 4 aliphatic rings. The van der Waals surface area contributed by atoms with E-state index < -0.39 is 0 Å². The van der Waals surface area contributed by atoms with Gasteiger partial charge in [-0.2, -0.15) is 0 Å². The predicted octanol–water partition coefficient (Wildman–Crippen LogP) is 6.37. The van der Waals surface area contributed by atoms with E-state index in [-0.39, 0.29) is 0 Å². The first-order valence-electron chi connectivity index (χ1n) is 11.8. The third kappa shape index (κ3) is 3.62. The Morgan fingerprint density at radius 3 is 2.08 bits per heavy atom. The molecule has 0 amide bonds. The van der Waals surface area contributed by atoms with Gasteiger partial charge in [-0.25, -0.2) is 0 Å². The highest BCUT2D eigenvalue weighted by molar-refractivity contribution is 5.00. The van der Waals surface area contributed by atoms with Crippen LogP contribution in [0.4, 0.5) is 0 Å². The van der Waals surface area contributed by atoms with Gasteiger partial charge in [-0.05, 0) is 86.4 Å². The average molecular weight is 363 g/mol. The van der Waals surface area contributed by atoms with Crippen molar-refractivity contribution in [2.24, 2.45) is 28.6 Å². The summed E-state index contributed by atoms with van der Waals surface area (Å²) < 4.78 is 12.5. The van der Waals surface area contributed by atoms with E-state index in [2.05, 4.69) is 13.8 Å². The van der Waals surface area contributed by atoms with Crippen molar-refractivity contribution in [1.29, 1.82) is 0 Å². The van der Waals surface area contributed by atoms with E-state index in [0.29, 0.717) is 23.0 Å². The van der Waals surface area contributed by atoms with Crippen LogP contribution in [0.25, 0.3) is 0 Å². The van der Waals surface area contributed by atoms with Gasteiger partial charge in [0.2, 0.25) is 0 Å². The molecule has 26 heavy (non-hydrogen) atoms. The normalized spacial score (nSPS) is 44.7. The highest BCUT2D eigenvalue weighted by Crippen LogP contribution is 2.57. The molecule has 0 heterocycles. The smallest absolute Gasteiger partial charge is 0.0608 e. The highest BCUT2D eigenvalue weighted by atomic mass is 16.5. The van der Waals surface area contributed by atoms with Gasteiger partial charge in [0.25, 0.3) is 0 Å². The second kappa shape index (κ2) is 7.74. The fourth-order valence-electron chi connectivity index (χ4n) is 7.65. The molecule has 0 aromatic rings. The Labute approximate surface area is 161 Å². The summed E-state index contributed by atoms with van der Waals surface area (Å²) in [6.07, 6.45) is 19.3. The summed E-state index contributed by atoms with van der Waals surface area (Å²) >= 11 is 0. The standard InChI is InChI=1S/C24H42O2/c1-4-19-14-24(15-21(19)25-3)11-8-18(12-24)17-26-22-16-23(9-6-7-10-23)13-20(22)5-2/h18-22H,4-17H2,1-3H3/t18?,19-,20+,21-,22+,24?/m1/s1. The summed E-state index contributed by atoms with van der Waals surface area (Å²) in [4.78, 5) is 0. The largest absolute Gasteiger partial charge is 0.381 e.